The van der Waals surface area contributed by atoms with Crippen LogP contribution in [0.15, 0.2) is 18.2 Å². The van der Waals surface area contributed by atoms with Gasteiger partial charge in [0.1, 0.15) is 6.04 Å². The Morgan fingerprint density at radius 1 is 1.07 bits per heavy atom. The molecule has 3 atom stereocenters. The van der Waals surface area contributed by atoms with E-state index in [1.54, 1.807) is 12.1 Å². The standard InChI is InChI=1S/C20H24N4O4/c1-11-2-4-13(21)10-23(11)9-12-3-5-14-15(8-12)20(28)24(19(14)27)16-6-7-17(25)22-18(16)26/h3,5,8,11,13,16H,2,4,6-7,9-10,21H2,1H3,(H,22,25,26). The number of hydrogen-bond donors (Lipinski definition) is 2. The predicted molar refractivity (Wildman–Crippen MR) is 100 cm³/mol. The van der Waals surface area contributed by atoms with Crippen LogP contribution in [0, 0.1) is 0 Å². The maximum Gasteiger partial charge on any atom is 0.262 e. The molecular formula is C20H24N4O4. The van der Waals surface area contributed by atoms with Gasteiger partial charge in [0.2, 0.25) is 11.8 Å². The summed E-state index contributed by atoms with van der Waals surface area (Å²) in [5.41, 5.74) is 7.65. The number of rotatable bonds is 3. The van der Waals surface area contributed by atoms with Crippen molar-refractivity contribution in [1.29, 1.82) is 0 Å². The third-order valence-electron chi connectivity index (χ3n) is 5.94. The molecule has 28 heavy (non-hydrogen) atoms. The number of piperidine rings is 2. The molecule has 1 aromatic carbocycles. The molecule has 148 valence electrons. The summed E-state index contributed by atoms with van der Waals surface area (Å²) in [7, 11) is 0. The third kappa shape index (κ3) is 3.22. The fourth-order valence-corrected chi connectivity index (χ4v) is 4.28. The maximum absolute atomic E-state index is 12.9. The lowest BCUT2D eigenvalue weighted by atomic mass is 9.98. The van der Waals surface area contributed by atoms with Crippen molar-refractivity contribution in [3.05, 3.63) is 34.9 Å². The number of nitrogens with one attached hydrogen (secondary N) is 1. The molecule has 4 rings (SSSR count). The molecule has 4 amide bonds. The van der Waals surface area contributed by atoms with Gasteiger partial charge in [-0.05, 0) is 43.9 Å². The zero-order valence-corrected chi connectivity index (χ0v) is 15.8. The zero-order chi connectivity index (χ0) is 20.0. The molecule has 0 aliphatic carbocycles. The lowest BCUT2D eigenvalue weighted by molar-refractivity contribution is -0.136. The molecule has 3 unspecified atom stereocenters. The average molecular weight is 384 g/mol. The van der Waals surface area contributed by atoms with Crippen LogP contribution < -0.4 is 11.1 Å². The fraction of sp³-hybridized carbons (Fsp3) is 0.500. The first-order chi connectivity index (χ1) is 13.3. The molecule has 0 spiro atoms. The van der Waals surface area contributed by atoms with Gasteiger partial charge in [-0.1, -0.05) is 6.07 Å². The molecule has 3 heterocycles. The van der Waals surface area contributed by atoms with E-state index in [2.05, 4.69) is 17.1 Å². The molecule has 0 aromatic heterocycles. The molecule has 2 fully saturated rings. The van der Waals surface area contributed by atoms with Crippen molar-refractivity contribution in [2.45, 2.75) is 57.3 Å². The van der Waals surface area contributed by atoms with Crippen molar-refractivity contribution < 1.29 is 19.2 Å². The Balaban J connectivity index is 1.56. The molecule has 2 saturated heterocycles. The summed E-state index contributed by atoms with van der Waals surface area (Å²) in [6.45, 7) is 3.62. The van der Waals surface area contributed by atoms with Gasteiger partial charge < -0.3 is 5.73 Å². The largest absolute Gasteiger partial charge is 0.327 e. The van der Waals surface area contributed by atoms with Crippen molar-refractivity contribution in [2.24, 2.45) is 5.73 Å². The van der Waals surface area contributed by atoms with Gasteiger partial charge in [-0.3, -0.25) is 34.3 Å². The second-order valence-corrected chi connectivity index (χ2v) is 7.94. The van der Waals surface area contributed by atoms with E-state index in [9.17, 15) is 19.2 Å². The van der Waals surface area contributed by atoms with E-state index in [4.69, 9.17) is 5.73 Å². The normalized spacial score (nSPS) is 28.5. The molecule has 3 aliphatic heterocycles. The molecule has 8 nitrogen and oxygen atoms in total. The van der Waals surface area contributed by atoms with E-state index in [1.807, 2.05) is 6.07 Å². The smallest absolute Gasteiger partial charge is 0.262 e. The van der Waals surface area contributed by atoms with Crippen LogP contribution in [0.4, 0.5) is 0 Å². The van der Waals surface area contributed by atoms with Crippen LogP contribution in [0.5, 0.6) is 0 Å². The first-order valence-corrected chi connectivity index (χ1v) is 9.69. The van der Waals surface area contributed by atoms with E-state index < -0.39 is 23.8 Å². The highest BCUT2D eigenvalue weighted by atomic mass is 16.2. The SMILES string of the molecule is CC1CCC(N)CN1Cc1ccc2c(c1)C(=O)N(C1CCC(=O)NC1=O)C2=O. The maximum atomic E-state index is 12.9. The minimum Gasteiger partial charge on any atom is -0.327 e. The highest BCUT2D eigenvalue weighted by Crippen LogP contribution is 2.29. The number of likely N-dealkylation sites (tertiary alicyclic amines) is 1. The fourth-order valence-electron chi connectivity index (χ4n) is 4.28. The summed E-state index contributed by atoms with van der Waals surface area (Å²) in [4.78, 5) is 52.4. The lowest BCUT2D eigenvalue weighted by Gasteiger charge is -2.36. The Kier molecular flexibility index (Phi) is 4.76. The first kappa shape index (κ1) is 18.8. The van der Waals surface area contributed by atoms with Gasteiger partial charge >= 0.3 is 0 Å². The van der Waals surface area contributed by atoms with Crippen LogP contribution in [-0.4, -0.2) is 58.1 Å². The molecular weight excluding hydrogens is 360 g/mol. The average Bonchev–Trinajstić information content (AvgIpc) is 2.89. The number of benzene rings is 1. The number of nitrogens with zero attached hydrogens (tertiary/aromatic N) is 2. The molecule has 8 heteroatoms. The summed E-state index contributed by atoms with van der Waals surface area (Å²) < 4.78 is 0. The van der Waals surface area contributed by atoms with Crippen LogP contribution in [0.25, 0.3) is 0 Å². The van der Waals surface area contributed by atoms with Crippen molar-refractivity contribution in [3.8, 4) is 0 Å². The van der Waals surface area contributed by atoms with Crippen molar-refractivity contribution in [3.63, 3.8) is 0 Å². The number of carbonyl (C=O) groups is 4. The Labute approximate surface area is 163 Å². The highest BCUT2D eigenvalue weighted by molar-refractivity contribution is 6.23. The summed E-state index contributed by atoms with van der Waals surface area (Å²) in [5.74, 6) is -1.93. The first-order valence-electron chi connectivity index (χ1n) is 9.69. The number of carbonyl (C=O) groups excluding carboxylic acids is 4. The molecule has 0 saturated carbocycles. The van der Waals surface area contributed by atoms with Crippen LogP contribution in [0.2, 0.25) is 0 Å². The van der Waals surface area contributed by atoms with E-state index in [0.717, 1.165) is 29.8 Å². The van der Waals surface area contributed by atoms with Crippen molar-refractivity contribution in [2.75, 3.05) is 6.54 Å². The predicted octanol–water partition coefficient (Wildman–Crippen LogP) is 0.399. The zero-order valence-electron chi connectivity index (χ0n) is 15.8. The molecule has 0 bridgehead atoms. The Morgan fingerprint density at radius 3 is 2.57 bits per heavy atom. The van der Waals surface area contributed by atoms with Gasteiger partial charge in [-0.15, -0.1) is 0 Å². The molecule has 0 radical (unpaired) electrons. The van der Waals surface area contributed by atoms with E-state index in [-0.39, 0.29) is 24.8 Å². The van der Waals surface area contributed by atoms with Gasteiger partial charge in [-0.2, -0.15) is 0 Å². The number of fused-ring (bicyclic) bond motifs is 1. The number of imide groups is 2. The topological polar surface area (TPSA) is 113 Å². The van der Waals surface area contributed by atoms with Crippen molar-refractivity contribution in [1.82, 2.24) is 15.1 Å². The van der Waals surface area contributed by atoms with E-state index in [1.165, 1.54) is 0 Å². The Morgan fingerprint density at radius 2 is 1.82 bits per heavy atom. The second-order valence-electron chi connectivity index (χ2n) is 7.94. The molecule has 1 aromatic rings. The second kappa shape index (κ2) is 7.10. The Bertz CT molecular complexity index is 868. The highest BCUT2D eigenvalue weighted by Gasteiger charge is 2.44. The summed E-state index contributed by atoms with van der Waals surface area (Å²) in [6, 6.07) is 4.88. The van der Waals surface area contributed by atoms with Gasteiger partial charge in [0.25, 0.3) is 11.8 Å². The summed E-state index contributed by atoms with van der Waals surface area (Å²) >= 11 is 0. The Hall–Kier alpha value is -2.58. The summed E-state index contributed by atoms with van der Waals surface area (Å²) in [5, 5.41) is 2.21. The van der Waals surface area contributed by atoms with E-state index in [0.29, 0.717) is 23.7 Å². The van der Waals surface area contributed by atoms with Crippen LogP contribution >= 0.6 is 0 Å². The number of hydrogen-bond acceptors (Lipinski definition) is 6. The van der Waals surface area contributed by atoms with Gasteiger partial charge in [0.05, 0.1) is 11.1 Å². The molecule has 3 N–H and O–H groups in total. The minimum atomic E-state index is -0.936. The van der Waals surface area contributed by atoms with Crippen LogP contribution in [-0.2, 0) is 16.1 Å². The minimum absolute atomic E-state index is 0.113. The van der Waals surface area contributed by atoms with Gasteiger partial charge in [-0.25, -0.2) is 0 Å². The van der Waals surface area contributed by atoms with Gasteiger partial charge in [0, 0.05) is 31.6 Å². The van der Waals surface area contributed by atoms with Crippen LogP contribution in [0.3, 0.4) is 0 Å². The number of amides is 4. The number of nitrogens with two attached hydrogens (primary N) is 1. The summed E-state index contributed by atoms with van der Waals surface area (Å²) in [6.07, 6.45) is 2.32. The lowest BCUT2D eigenvalue weighted by Crippen LogP contribution is -2.54. The van der Waals surface area contributed by atoms with Gasteiger partial charge in [0.15, 0.2) is 0 Å². The monoisotopic (exact) mass is 384 g/mol. The van der Waals surface area contributed by atoms with E-state index >= 15 is 0 Å². The van der Waals surface area contributed by atoms with Crippen molar-refractivity contribution >= 4 is 23.6 Å². The van der Waals surface area contributed by atoms with Crippen LogP contribution in [0.1, 0.15) is 58.9 Å². The molecule has 3 aliphatic rings. The quantitative estimate of drug-likeness (QED) is 0.730. The third-order valence-corrected chi connectivity index (χ3v) is 5.94.